The van der Waals surface area contributed by atoms with Gasteiger partial charge < -0.3 is 85.0 Å². The van der Waals surface area contributed by atoms with Gasteiger partial charge in [-0.05, 0) is 117 Å². The normalized spacial score (nSPS) is 13.6. The first kappa shape index (κ1) is 72.7. The van der Waals surface area contributed by atoms with E-state index in [0.717, 1.165) is 0 Å². The topological polar surface area (TPSA) is 480 Å². The zero-order valence-electron chi connectivity index (χ0n) is 50.8. The van der Waals surface area contributed by atoms with Gasteiger partial charge in [0.2, 0.25) is 53.2 Å². The van der Waals surface area contributed by atoms with Crippen molar-refractivity contribution in [3.8, 4) is 5.75 Å². The van der Waals surface area contributed by atoms with Gasteiger partial charge in [0.25, 0.3) is 5.91 Å². The predicted molar refractivity (Wildman–Crippen MR) is 341 cm³/mol. The molecule has 0 fully saturated rings. The fraction of sp³-hybridized carbons (Fsp3) is 0.387. The highest BCUT2D eigenvalue weighted by Crippen LogP contribution is 2.20. The lowest BCUT2D eigenvalue weighted by molar-refractivity contribution is -0.139. The molecule has 4 aromatic carbocycles. The predicted octanol–water partition coefficient (Wildman–Crippen LogP) is -0.388. The van der Waals surface area contributed by atoms with Gasteiger partial charge in [0, 0.05) is 67.0 Å². The van der Waals surface area contributed by atoms with Crippen LogP contribution in [0, 0.1) is 0 Å². The van der Waals surface area contributed by atoms with E-state index in [9.17, 15) is 72.9 Å². The number of hydrogen-bond acceptors (Lipinski definition) is 17. The standard InChI is InChI=1S/C62H80N14O15S/c1-35(69-59(88)45(23-25-52(79)80)71-57(86)43(63)13-8-9-28-66-56(85)38-17-19-40(76-65)20-18-38)55(84)75-49(31-37-15-21-41(77)22-16-37)58(87)68-34-51(78)70-50(32-39-33-67-44-14-7-6-12-42(39)44)62(91)73-47(27-29-92-2)61(90)72-46(24-26-53(81)82)60(89)74-48(54(64)83)30-36-10-4-3-5-11-36/h3-7,10-12,14-22,33,35,43,45-50,67,76-77H,8-9,13,23-32,34,63,65H2,1-2H3,(H2,64,83)(H,66,85)(H,68,87)(H,69,88)(H,70,78)(H,71,86)(H,72,90)(H,73,91)(H,74,89)(H,75,84)(H,79,80)(H,81,82)/t35-,43-,45-,46-,47-,48-,49-,50-/m0/s1. The number of unbranched alkanes of at least 4 members (excludes halogenated alkanes) is 1. The highest BCUT2D eigenvalue weighted by molar-refractivity contribution is 7.98. The molecule has 30 heteroatoms. The zero-order valence-corrected chi connectivity index (χ0v) is 51.6. The lowest BCUT2D eigenvalue weighted by Gasteiger charge is -2.26. The number of nitrogens with one attached hydrogen (secondary N) is 11. The number of rotatable bonds is 39. The van der Waals surface area contributed by atoms with Crippen LogP contribution in [-0.4, -0.2) is 165 Å². The van der Waals surface area contributed by atoms with Gasteiger partial charge >= 0.3 is 11.9 Å². The number of carboxylic acid groups (broad SMARTS) is 2. The van der Waals surface area contributed by atoms with Crippen molar-refractivity contribution in [1.82, 2.24) is 52.8 Å². The van der Waals surface area contributed by atoms with Crippen LogP contribution in [0.3, 0.4) is 0 Å². The van der Waals surface area contributed by atoms with Crippen molar-refractivity contribution in [2.45, 2.75) is 126 Å². The summed E-state index contributed by atoms with van der Waals surface area (Å²) in [5, 5.41) is 52.7. The average molecular weight is 1290 g/mol. The molecule has 0 saturated carbocycles. The number of aromatic hydroxyl groups is 1. The third kappa shape index (κ3) is 24.4. The number of aromatic nitrogens is 1. The maximum Gasteiger partial charge on any atom is 0.303 e. The summed E-state index contributed by atoms with van der Waals surface area (Å²) in [6.45, 7) is 0.736. The van der Waals surface area contributed by atoms with Crippen molar-refractivity contribution in [3.05, 3.63) is 132 Å². The number of nitrogens with two attached hydrogens (primary N) is 3. The highest BCUT2D eigenvalue weighted by atomic mass is 32.2. The molecule has 0 unspecified atom stereocenters. The molecule has 92 heavy (non-hydrogen) atoms. The van der Waals surface area contributed by atoms with E-state index >= 15 is 0 Å². The average Bonchev–Trinajstić information content (AvgIpc) is 1.86. The van der Waals surface area contributed by atoms with Crippen LogP contribution in [0.5, 0.6) is 5.75 Å². The number of fused-ring (bicyclic) bond motifs is 1. The number of carboxylic acids is 2. The van der Waals surface area contributed by atoms with Crippen LogP contribution in [0.1, 0.15) is 85.3 Å². The first-order chi connectivity index (χ1) is 43.9. The second-order valence-electron chi connectivity index (χ2n) is 21.6. The van der Waals surface area contributed by atoms with Crippen LogP contribution in [0.4, 0.5) is 5.69 Å². The van der Waals surface area contributed by atoms with E-state index in [0.29, 0.717) is 57.4 Å². The van der Waals surface area contributed by atoms with Crippen LogP contribution in [0.25, 0.3) is 10.9 Å². The summed E-state index contributed by atoms with van der Waals surface area (Å²) >= 11 is 1.32. The number of hydrazine groups is 1. The van der Waals surface area contributed by atoms with Crippen molar-refractivity contribution in [2.75, 3.05) is 30.5 Å². The van der Waals surface area contributed by atoms with Crippen LogP contribution in [0.2, 0.25) is 0 Å². The number of hydrogen-bond donors (Lipinski definition) is 17. The lowest BCUT2D eigenvalue weighted by Crippen LogP contribution is -2.59. The molecule has 0 aliphatic heterocycles. The fourth-order valence-electron chi connectivity index (χ4n) is 9.41. The summed E-state index contributed by atoms with van der Waals surface area (Å²) in [7, 11) is 0. The monoisotopic (exact) mass is 1290 g/mol. The Bertz CT molecular complexity index is 3360. The summed E-state index contributed by atoms with van der Waals surface area (Å²) in [6.07, 6.45) is 1.94. The zero-order chi connectivity index (χ0) is 67.3. The summed E-state index contributed by atoms with van der Waals surface area (Å²) in [6, 6.07) is 16.7. The molecule has 0 aliphatic carbocycles. The number of aliphatic carboxylic acids is 2. The molecule has 0 spiro atoms. The Balaban J connectivity index is 1.26. The molecule has 10 amide bonds. The number of H-pyrrole nitrogens is 1. The minimum Gasteiger partial charge on any atom is -0.508 e. The quantitative estimate of drug-likeness (QED) is 0.0135. The van der Waals surface area contributed by atoms with Crippen molar-refractivity contribution in [1.29, 1.82) is 0 Å². The van der Waals surface area contributed by atoms with Crippen LogP contribution in [0.15, 0.2) is 109 Å². The summed E-state index contributed by atoms with van der Waals surface area (Å²) in [5.41, 5.74) is 17.6. The first-order valence-corrected chi connectivity index (χ1v) is 30.9. The van der Waals surface area contributed by atoms with Crippen molar-refractivity contribution in [2.24, 2.45) is 17.3 Å². The van der Waals surface area contributed by atoms with Crippen LogP contribution < -0.4 is 70.6 Å². The van der Waals surface area contributed by atoms with E-state index in [2.05, 4.69) is 58.3 Å². The molecule has 0 saturated heterocycles. The van der Waals surface area contributed by atoms with Gasteiger partial charge in [-0.3, -0.25) is 63.4 Å². The molecular formula is C62H80N14O15S. The smallest absolute Gasteiger partial charge is 0.303 e. The molecule has 0 aliphatic rings. The van der Waals surface area contributed by atoms with E-state index in [1.54, 1.807) is 91.3 Å². The van der Waals surface area contributed by atoms with Crippen LogP contribution in [-0.2, 0) is 72.0 Å². The number of anilines is 1. The van der Waals surface area contributed by atoms with Gasteiger partial charge in [0.15, 0.2) is 0 Å². The third-order valence-electron chi connectivity index (χ3n) is 14.6. The number of carbonyl (C=O) groups excluding carboxylic acids is 10. The summed E-state index contributed by atoms with van der Waals surface area (Å²) in [4.78, 5) is 163. The number of amides is 10. The second kappa shape index (κ2) is 37.2. The molecule has 20 N–H and O–H groups in total. The number of phenols is 1. The Morgan fingerprint density at radius 3 is 1.68 bits per heavy atom. The Kier molecular flexibility index (Phi) is 29.4. The molecule has 0 bridgehead atoms. The highest BCUT2D eigenvalue weighted by Gasteiger charge is 2.34. The Labute approximate surface area is 534 Å². The number of primary amides is 1. The molecule has 29 nitrogen and oxygen atoms in total. The molecular weight excluding hydrogens is 1210 g/mol. The number of benzene rings is 4. The molecule has 8 atom stereocenters. The van der Waals surface area contributed by atoms with Gasteiger partial charge in [-0.2, -0.15) is 11.8 Å². The van der Waals surface area contributed by atoms with Crippen molar-refractivity contribution < 1.29 is 72.9 Å². The molecule has 1 heterocycles. The number of aromatic amines is 1. The fourth-order valence-corrected chi connectivity index (χ4v) is 9.88. The third-order valence-corrected chi connectivity index (χ3v) is 15.2. The van der Waals surface area contributed by atoms with E-state index in [-0.39, 0.29) is 50.3 Å². The number of para-hydroxylation sites is 1. The number of phenolic OH excluding ortho intramolecular Hbond substituents is 1. The van der Waals surface area contributed by atoms with Crippen molar-refractivity contribution in [3.63, 3.8) is 0 Å². The van der Waals surface area contributed by atoms with E-state index in [1.165, 1.54) is 43.0 Å². The van der Waals surface area contributed by atoms with Gasteiger partial charge in [-0.1, -0.05) is 60.7 Å². The Hall–Kier alpha value is -10.1. The minimum atomic E-state index is -1.52. The largest absolute Gasteiger partial charge is 0.508 e. The minimum absolute atomic E-state index is 0.0116. The summed E-state index contributed by atoms with van der Waals surface area (Å²) in [5.74, 6) is -5.42. The molecule has 5 rings (SSSR count). The lowest BCUT2D eigenvalue weighted by atomic mass is 10.0. The molecule has 494 valence electrons. The Morgan fingerprint density at radius 1 is 0.543 bits per heavy atom. The maximum absolute atomic E-state index is 14.5. The number of nitrogen functional groups attached to an aromatic ring is 1. The number of carbonyl (C=O) groups is 12. The van der Waals surface area contributed by atoms with E-state index in [1.807, 2.05) is 0 Å². The van der Waals surface area contributed by atoms with E-state index in [4.69, 9.17) is 17.3 Å². The van der Waals surface area contributed by atoms with Crippen LogP contribution >= 0.6 is 11.8 Å². The molecule has 5 aromatic rings. The van der Waals surface area contributed by atoms with Gasteiger partial charge in [0.05, 0.1) is 12.6 Å². The number of thioether (sulfide) groups is 1. The second-order valence-corrected chi connectivity index (χ2v) is 22.6. The van der Waals surface area contributed by atoms with Gasteiger partial charge in [-0.25, -0.2) is 0 Å². The van der Waals surface area contributed by atoms with Gasteiger partial charge in [0.1, 0.15) is 48.0 Å². The molecule has 1 aromatic heterocycles. The maximum atomic E-state index is 14.5. The Morgan fingerprint density at radius 2 is 1.08 bits per heavy atom. The SMILES string of the molecule is CSCC[C@H](NC(=O)[C@H](Cc1c[nH]c2ccccc12)NC(=O)CNC(=O)[C@H](Cc1ccc(O)cc1)NC(=O)[C@H](C)NC(=O)[C@H](CCC(=O)O)NC(=O)[C@@H](N)CCCCNC(=O)c1ccc(NN)cc1)C(=O)N[C@@H](CCC(=O)O)C(=O)N[C@@H](Cc1ccccc1)C(N)=O. The first-order valence-electron chi connectivity index (χ1n) is 29.5. The van der Waals surface area contributed by atoms with E-state index < -0.39 is 146 Å². The van der Waals surface area contributed by atoms with Gasteiger partial charge in [-0.15, -0.1) is 0 Å². The van der Waals surface area contributed by atoms with Crippen molar-refractivity contribution >= 4 is 99.4 Å². The summed E-state index contributed by atoms with van der Waals surface area (Å²) < 4.78 is 0. The molecule has 0 radical (unpaired) electrons.